The number of aromatic nitrogens is 2. The van der Waals surface area contributed by atoms with Crippen LogP contribution in [0, 0.1) is 24.8 Å². The molecule has 0 bridgehead atoms. The molecular weight excluding hydrogens is 757 g/mol. The maximum Gasteiger partial charge on any atom is 0.216 e. The van der Waals surface area contributed by atoms with Crippen molar-refractivity contribution in [3.8, 4) is 11.3 Å². The number of benzene rings is 1. The van der Waals surface area contributed by atoms with Gasteiger partial charge in [-0.1, -0.05) is 58.6 Å². The molecule has 1 aliphatic carbocycles. The van der Waals surface area contributed by atoms with Crippen LogP contribution in [0.3, 0.4) is 0 Å². The van der Waals surface area contributed by atoms with Gasteiger partial charge in [-0.2, -0.15) is 0 Å². The monoisotopic (exact) mass is 805 g/mol. The van der Waals surface area contributed by atoms with E-state index in [0.29, 0.717) is 11.3 Å². The summed E-state index contributed by atoms with van der Waals surface area (Å²) >= 11 is 1.86. The molecule has 1 N–H and O–H groups in total. The van der Waals surface area contributed by atoms with Gasteiger partial charge in [-0.3, -0.25) is 4.79 Å². The van der Waals surface area contributed by atoms with Crippen LogP contribution in [0.1, 0.15) is 100 Å². The van der Waals surface area contributed by atoms with Crippen LogP contribution >= 0.6 is 11.3 Å². The predicted molar refractivity (Wildman–Crippen MR) is 184 cm³/mol. The number of fused-ring (bicyclic) bond motifs is 6. The van der Waals surface area contributed by atoms with Crippen LogP contribution in [0.25, 0.3) is 43.4 Å². The van der Waals surface area contributed by atoms with Crippen LogP contribution in [0.2, 0.25) is 0 Å². The SMILES string of the molecule is CCC(CC)C(=O)/C=C(\O)C(CC)CC.[2H]C([2H])([2H])c1ccc2c(n1)oc1c(-c3cc4c5c(sc4cn3)CCCC5(C)C)[c-]ccc12.[Ir]. The van der Waals surface area contributed by atoms with Crippen LogP contribution in [-0.4, -0.2) is 20.9 Å². The van der Waals surface area contributed by atoms with Crippen molar-refractivity contribution < 1.29 is 38.5 Å². The Morgan fingerprint density at radius 1 is 1.11 bits per heavy atom. The number of allylic oxidation sites excluding steroid dienone is 2. The fraction of sp³-hybridized carbons (Fsp3) is 0.447. The Hall–Kier alpha value is -2.86. The van der Waals surface area contributed by atoms with Gasteiger partial charge in [-0.25, -0.2) is 4.98 Å². The number of thiophene rings is 1. The molecular formula is C38H45IrN2O3S-. The number of aliphatic hydroxyl groups excluding tert-OH is 1. The first-order valence-electron chi connectivity index (χ1n) is 17.4. The molecule has 45 heavy (non-hydrogen) atoms. The molecule has 1 aromatic carbocycles. The molecule has 0 amide bonds. The Labute approximate surface area is 289 Å². The first kappa shape index (κ1) is 30.8. The minimum atomic E-state index is -2.28. The smallest absolute Gasteiger partial charge is 0.216 e. The van der Waals surface area contributed by atoms with Crippen LogP contribution in [0.4, 0.5) is 0 Å². The van der Waals surface area contributed by atoms with E-state index in [1.54, 1.807) is 12.1 Å². The van der Waals surface area contributed by atoms with E-state index in [0.717, 1.165) is 54.1 Å². The van der Waals surface area contributed by atoms with Crippen molar-refractivity contribution in [3.63, 3.8) is 0 Å². The molecule has 1 aliphatic rings. The van der Waals surface area contributed by atoms with Gasteiger partial charge < -0.3 is 14.5 Å². The van der Waals surface area contributed by atoms with Crippen LogP contribution in [-0.2, 0) is 36.7 Å². The third-order valence-electron chi connectivity index (χ3n) is 9.17. The number of ketones is 1. The van der Waals surface area contributed by atoms with Gasteiger partial charge >= 0.3 is 0 Å². The summed E-state index contributed by atoms with van der Waals surface area (Å²) in [5.41, 5.74) is 4.16. The summed E-state index contributed by atoms with van der Waals surface area (Å²) in [7, 11) is 0. The molecule has 1 radical (unpaired) electrons. The van der Waals surface area contributed by atoms with Gasteiger partial charge in [-0.15, -0.1) is 29.5 Å². The minimum Gasteiger partial charge on any atom is -0.512 e. The zero-order valence-corrected chi connectivity index (χ0v) is 30.3. The summed E-state index contributed by atoms with van der Waals surface area (Å²) in [6, 6.07) is 12.6. The molecule has 6 rings (SSSR count). The zero-order chi connectivity index (χ0) is 34.1. The Balaban J connectivity index is 0.000000279. The molecule has 7 heteroatoms. The second-order valence-corrected chi connectivity index (χ2v) is 13.6. The number of hydrogen-bond donors (Lipinski definition) is 1. The number of rotatable bonds is 8. The summed E-state index contributed by atoms with van der Waals surface area (Å²) in [5, 5.41) is 12.7. The second-order valence-electron chi connectivity index (χ2n) is 12.4. The predicted octanol–water partition coefficient (Wildman–Crippen LogP) is 10.8. The molecule has 0 spiro atoms. The van der Waals surface area contributed by atoms with E-state index in [9.17, 15) is 9.90 Å². The Bertz CT molecular complexity index is 1930. The third-order valence-corrected chi connectivity index (χ3v) is 10.4. The van der Waals surface area contributed by atoms with Gasteiger partial charge in [0.15, 0.2) is 5.78 Å². The normalized spacial score (nSPS) is 15.7. The number of aryl methyl sites for hydroxylation is 2. The van der Waals surface area contributed by atoms with E-state index >= 15 is 0 Å². The zero-order valence-electron chi connectivity index (χ0n) is 30.0. The van der Waals surface area contributed by atoms with Crippen molar-refractivity contribution in [2.45, 2.75) is 98.8 Å². The van der Waals surface area contributed by atoms with Crippen molar-refractivity contribution >= 4 is 49.3 Å². The summed E-state index contributed by atoms with van der Waals surface area (Å²) < 4.78 is 30.2. The van der Waals surface area contributed by atoms with Crippen molar-refractivity contribution in [3.05, 3.63) is 70.6 Å². The maximum absolute atomic E-state index is 11.7. The fourth-order valence-electron chi connectivity index (χ4n) is 6.52. The molecule has 5 nitrogen and oxygen atoms in total. The molecule has 4 heterocycles. The number of aliphatic hydroxyl groups is 1. The van der Waals surface area contributed by atoms with Crippen molar-refractivity contribution in [2.75, 3.05) is 0 Å². The number of nitrogens with zero attached hydrogens (tertiary/aromatic N) is 2. The molecule has 0 saturated heterocycles. The maximum atomic E-state index is 11.7. The van der Waals surface area contributed by atoms with Crippen LogP contribution in [0.15, 0.2) is 52.8 Å². The quantitative estimate of drug-likeness (QED) is 0.0960. The number of carbonyl (C=O) groups excluding carboxylic acids is 1. The molecule has 0 fully saturated rings. The molecule has 4 aromatic heterocycles. The fourth-order valence-corrected chi connectivity index (χ4v) is 7.89. The molecule has 241 valence electrons. The van der Waals surface area contributed by atoms with Gasteiger partial charge in [0.1, 0.15) is 0 Å². The van der Waals surface area contributed by atoms with E-state index in [2.05, 4.69) is 31.0 Å². The van der Waals surface area contributed by atoms with Crippen LogP contribution in [0.5, 0.6) is 0 Å². The second kappa shape index (κ2) is 14.7. The Morgan fingerprint density at radius 3 is 2.53 bits per heavy atom. The third kappa shape index (κ3) is 7.11. The topological polar surface area (TPSA) is 76.2 Å². The summed E-state index contributed by atoms with van der Waals surface area (Å²) in [6.07, 6.45) is 10.4. The first-order chi connectivity index (χ1) is 22.3. The summed E-state index contributed by atoms with van der Waals surface area (Å²) in [4.78, 5) is 22.2. The van der Waals surface area contributed by atoms with Gasteiger partial charge in [0.05, 0.1) is 16.0 Å². The minimum absolute atomic E-state index is 0. The number of pyridine rings is 2. The largest absolute Gasteiger partial charge is 0.512 e. The first-order valence-corrected chi connectivity index (χ1v) is 16.8. The van der Waals surface area contributed by atoms with Gasteiger partial charge in [0.2, 0.25) is 5.71 Å². The average molecular weight is 805 g/mol. The Morgan fingerprint density at radius 2 is 1.84 bits per heavy atom. The molecule has 0 unspecified atom stereocenters. The van der Waals surface area contributed by atoms with E-state index in [1.807, 2.05) is 57.4 Å². The van der Waals surface area contributed by atoms with E-state index in [4.69, 9.17) is 13.5 Å². The van der Waals surface area contributed by atoms with Gasteiger partial charge in [-0.05, 0) is 86.0 Å². The molecule has 0 aliphatic heterocycles. The van der Waals surface area contributed by atoms with Crippen LogP contribution < -0.4 is 0 Å². The molecule has 0 atom stereocenters. The standard InChI is InChI=1S/C25H21N2OS.C13H24O2.Ir/c1-14-9-10-16-15-6-4-7-17(23(15)28-24(16)27-14)19-12-18-21(13-26-19)29-20-8-5-11-25(2,3)22(18)20;1-5-10(6-2)12(14)9-13(15)11(7-3)8-4;/h4,6,9-10,12-13H,5,8,11H2,1-3H3;9-11,14H,5-8H2,1-4H3;/q-1;;/b;12-9-;/i1D3;;. The van der Waals surface area contributed by atoms with Gasteiger partial charge in [0.25, 0.3) is 0 Å². The van der Waals surface area contributed by atoms with Crippen molar-refractivity contribution in [1.29, 1.82) is 0 Å². The van der Waals surface area contributed by atoms with E-state index in [-0.39, 0.29) is 54.6 Å². The summed E-state index contributed by atoms with van der Waals surface area (Å²) in [6.45, 7) is 10.5. The molecule has 5 aromatic rings. The number of hydrogen-bond acceptors (Lipinski definition) is 6. The average Bonchev–Trinajstić information content (AvgIpc) is 3.60. The summed E-state index contributed by atoms with van der Waals surface area (Å²) in [5.74, 6) is 0.547. The number of furan rings is 1. The Kier molecular flexibility index (Phi) is 10.1. The van der Waals surface area contributed by atoms with Crippen molar-refractivity contribution in [1.82, 2.24) is 9.97 Å². The van der Waals surface area contributed by atoms with E-state index < -0.39 is 6.85 Å². The molecule has 0 saturated carbocycles. The number of carbonyl (C=O) groups is 1. The van der Waals surface area contributed by atoms with E-state index in [1.165, 1.54) is 39.4 Å². The van der Waals surface area contributed by atoms with Gasteiger partial charge in [0, 0.05) is 64.3 Å². The van der Waals surface area contributed by atoms with Crippen molar-refractivity contribution in [2.24, 2.45) is 11.8 Å².